The molecule has 0 unspecified atom stereocenters. The largest absolute Gasteiger partial charge is 0.331 e. The number of carbonyl (C=O) groups is 1. The highest BCUT2D eigenvalue weighted by Crippen LogP contribution is 2.55. The summed E-state index contributed by atoms with van der Waals surface area (Å²) in [7, 11) is 1.97. The van der Waals surface area contributed by atoms with E-state index in [4.69, 9.17) is 0 Å². The minimum absolute atomic E-state index is 0.139. The van der Waals surface area contributed by atoms with Gasteiger partial charge in [-0.25, -0.2) is 0 Å². The van der Waals surface area contributed by atoms with Crippen LogP contribution in [0.1, 0.15) is 58.9 Å². The first kappa shape index (κ1) is 16.1. The lowest BCUT2D eigenvalue weighted by Gasteiger charge is -2.27. The fraction of sp³-hybridized carbons (Fsp3) is 0.333. The minimum Gasteiger partial charge on any atom is -0.331 e. The van der Waals surface area contributed by atoms with Crippen LogP contribution >= 0.6 is 0 Å². The van der Waals surface area contributed by atoms with Crippen molar-refractivity contribution < 1.29 is 4.79 Å². The smallest absolute Gasteiger partial charge is 0.271 e. The van der Waals surface area contributed by atoms with E-state index in [1.807, 2.05) is 31.1 Å². The Hall–Kier alpha value is -2.88. The van der Waals surface area contributed by atoms with Crippen molar-refractivity contribution in [3.05, 3.63) is 71.3 Å². The Morgan fingerprint density at radius 3 is 2.68 bits per heavy atom. The van der Waals surface area contributed by atoms with E-state index in [1.54, 1.807) is 0 Å². The highest BCUT2D eigenvalue weighted by molar-refractivity contribution is 5.96. The first-order chi connectivity index (χ1) is 13.6. The number of benzene rings is 1. The van der Waals surface area contributed by atoms with Crippen LogP contribution in [0.2, 0.25) is 0 Å². The van der Waals surface area contributed by atoms with Gasteiger partial charge in [0.25, 0.3) is 5.91 Å². The van der Waals surface area contributed by atoms with Crippen molar-refractivity contribution in [3.8, 4) is 16.8 Å². The summed E-state index contributed by atoms with van der Waals surface area (Å²) in [4.78, 5) is 19.8. The van der Waals surface area contributed by atoms with Gasteiger partial charge in [-0.3, -0.25) is 9.78 Å². The Bertz CT molecular complexity index is 1130. The molecule has 28 heavy (non-hydrogen) atoms. The second kappa shape index (κ2) is 5.34. The van der Waals surface area contributed by atoms with Crippen LogP contribution in [-0.2, 0) is 5.54 Å². The van der Waals surface area contributed by atoms with Crippen molar-refractivity contribution in [3.63, 3.8) is 0 Å². The lowest BCUT2D eigenvalue weighted by molar-refractivity contribution is 0.0705. The predicted molar refractivity (Wildman–Crippen MR) is 109 cm³/mol. The lowest BCUT2D eigenvalue weighted by Crippen LogP contribution is -2.36. The molecule has 1 spiro atoms. The second-order valence-corrected chi connectivity index (χ2v) is 8.57. The van der Waals surface area contributed by atoms with Gasteiger partial charge in [0.1, 0.15) is 5.69 Å². The number of rotatable bonds is 2. The van der Waals surface area contributed by atoms with E-state index in [-0.39, 0.29) is 11.4 Å². The Morgan fingerprint density at radius 1 is 1.14 bits per heavy atom. The molecule has 2 aromatic heterocycles. The Balaban J connectivity index is 1.61. The first-order valence-electron chi connectivity index (χ1n) is 10.2. The Morgan fingerprint density at radius 2 is 1.96 bits per heavy atom. The van der Waals surface area contributed by atoms with E-state index in [0.717, 1.165) is 41.0 Å². The van der Waals surface area contributed by atoms with Gasteiger partial charge in [0.15, 0.2) is 0 Å². The number of carbonyl (C=O) groups excluding carboxylic acids is 1. The molecule has 2 fully saturated rings. The van der Waals surface area contributed by atoms with Gasteiger partial charge < -0.3 is 9.47 Å². The monoisotopic (exact) mass is 369 g/mol. The van der Waals surface area contributed by atoms with Crippen LogP contribution in [0.25, 0.3) is 16.8 Å². The van der Waals surface area contributed by atoms with Gasteiger partial charge in [-0.2, -0.15) is 0 Å². The SMILES string of the molecule is Cc1ncccc1-c1ccc2c(c1)-n1cc(C3CC3)cc1C(=O)N(C)C21CC1. The normalized spacial score (nSPS) is 19.4. The van der Waals surface area contributed by atoms with Crippen LogP contribution < -0.4 is 0 Å². The fourth-order valence-electron chi connectivity index (χ4n) is 4.84. The van der Waals surface area contributed by atoms with Crippen molar-refractivity contribution in [1.82, 2.24) is 14.5 Å². The van der Waals surface area contributed by atoms with Gasteiger partial charge in [-0.1, -0.05) is 18.2 Å². The maximum Gasteiger partial charge on any atom is 0.271 e. The third kappa shape index (κ3) is 2.12. The summed E-state index contributed by atoms with van der Waals surface area (Å²) in [6, 6.07) is 12.9. The molecular formula is C24H23N3O. The van der Waals surface area contributed by atoms with E-state index in [1.165, 1.54) is 24.0 Å². The number of fused-ring (bicyclic) bond motifs is 4. The summed E-state index contributed by atoms with van der Waals surface area (Å²) in [5.74, 6) is 0.763. The van der Waals surface area contributed by atoms with Crippen LogP contribution in [0.15, 0.2) is 48.8 Å². The first-order valence-corrected chi connectivity index (χ1v) is 10.2. The molecule has 0 bridgehead atoms. The van der Waals surface area contributed by atoms with Crippen LogP contribution in [0, 0.1) is 6.92 Å². The number of amides is 1. The quantitative estimate of drug-likeness (QED) is 0.651. The average molecular weight is 369 g/mol. The van der Waals surface area contributed by atoms with E-state index < -0.39 is 0 Å². The van der Waals surface area contributed by atoms with Crippen LogP contribution in [0.5, 0.6) is 0 Å². The number of aromatic nitrogens is 2. The van der Waals surface area contributed by atoms with Gasteiger partial charge in [0.2, 0.25) is 0 Å². The summed E-state index contributed by atoms with van der Waals surface area (Å²) in [6.07, 6.45) is 8.58. The highest BCUT2D eigenvalue weighted by Gasteiger charge is 2.53. The van der Waals surface area contributed by atoms with Gasteiger partial charge in [0.05, 0.1) is 11.2 Å². The summed E-state index contributed by atoms with van der Waals surface area (Å²) in [5.41, 5.74) is 7.71. The number of hydrogen-bond acceptors (Lipinski definition) is 2. The van der Waals surface area contributed by atoms with Gasteiger partial charge >= 0.3 is 0 Å². The molecule has 1 aliphatic heterocycles. The number of aryl methyl sites for hydroxylation is 1. The molecule has 0 atom stereocenters. The standard InChI is InChI=1S/C24H23N3O/c1-15-19(4-3-11-25-15)17-7-8-20-21(12-17)27-14-18(16-5-6-16)13-22(27)23(28)26(2)24(20)9-10-24/h3-4,7-8,11-14,16H,5-6,9-10H2,1-2H3. The molecule has 1 aromatic carbocycles. The van der Waals surface area contributed by atoms with Gasteiger partial charge in [-0.15, -0.1) is 0 Å². The van der Waals surface area contributed by atoms with Crippen LogP contribution in [-0.4, -0.2) is 27.4 Å². The van der Waals surface area contributed by atoms with Crippen LogP contribution in [0.4, 0.5) is 0 Å². The molecule has 2 saturated carbocycles. The maximum absolute atomic E-state index is 13.3. The predicted octanol–water partition coefficient (Wildman–Crippen LogP) is 4.80. The van der Waals surface area contributed by atoms with Gasteiger partial charge in [0, 0.05) is 36.3 Å². The zero-order valence-electron chi connectivity index (χ0n) is 16.3. The van der Waals surface area contributed by atoms with Crippen LogP contribution in [0.3, 0.4) is 0 Å². The third-order valence-corrected chi connectivity index (χ3v) is 6.86. The number of pyridine rings is 1. The van der Waals surface area contributed by atoms with E-state index in [2.05, 4.69) is 46.1 Å². The molecule has 4 nitrogen and oxygen atoms in total. The van der Waals surface area contributed by atoms with Crippen molar-refractivity contribution in [2.45, 2.75) is 44.1 Å². The summed E-state index contributed by atoms with van der Waals surface area (Å²) in [5, 5.41) is 0. The molecule has 0 saturated heterocycles. The molecule has 1 amide bonds. The molecule has 0 N–H and O–H groups in total. The van der Waals surface area contributed by atoms with Crippen molar-refractivity contribution in [2.75, 3.05) is 7.05 Å². The summed E-state index contributed by atoms with van der Waals surface area (Å²) < 4.78 is 2.16. The molecule has 3 aromatic rings. The fourth-order valence-corrected chi connectivity index (χ4v) is 4.84. The number of nitrogens with zero attached hydrogens (tertiary/aromatic N) is 3. The van der Waals surface area contributed by atoms with Crippen molar-refractivity contribution in [2.24, 2.45) is 0 Å². The average Bonchev–Trinajstić information content (AvgIpc) is 3.64. The molecule has 4 heteroatoms. The third-order valence-electron chi connectivity index (χ3n) is 6.86. The molecule has 3 heterocycles. The molecule has 6 rings (SSSR count). The van der Waals surface area contributed by atoms with Gasteiger partial charge in [-0.05, 0) is 67.9 Å². The number of hydrogen-bond donors (Lipinski definition) is 0. The zero-order chi connectivity index (χ0) is 19.0. The summed E-state index contributed by atoms with van der Waals surface area (Å²) in [6.45, 7) is 2.05. The second-order valence-electron chi connectivity index (χ2n) is 8.57. The molecular weight excluding hydrogens is 346 g/mol. The topological polar surface area (TPSA) is 38.1 Å². The zero-order valence-corrected chi connectivity index (χ0v) is 16.3. The molecule has 2 aliphatic carbocycles. The molecule has 0 radical (unpaired) electrons. The lowest BCUT2D eigenvalue weighted by atomic mass is 9.96. The summed E-state index contributed by atoms with van der Waals surface area (Å²) >= 11 is 0. The Labute approximate surface area is 164 Å². The van der Waals surface area contributed by atoms with E-state index in [9.17, 15) is 4.79 Å². The highest BCUT2D eigenvalue weighted by atomic mass is 16.2. The van der Waals surface area contributed by atoms with Crippen molar-refractivity contribution in [1.29, 1.82) is 0 Å². The van der Waals surface area contributed by atoms with E-state index in [0.29, 0.717) is 5.92 Å². The minimum atomic E-state index is -0.145. The van der Waals surface area contributed by atoms with Crippen molar-refractivity contribution >= 4 is 5.91 Å². The Kier molecular flexibility index (Phi) is 3.07. The molecule has 140 valence electrons. The maximum atomic E-state index is 13.3. The molecule has 3 aliphatic rings. The van der Waals surface area contributed by atoms with E-state index >= 15 is 0 Å².